The third-order valence-corrected chi connectivity index (χ3v) is 2.09. The van der Waals surface area contributed by atoms with Crippen LogP contribution >= 0.6 is 0 Å². The Balaban J connectivity index is 2.94. The Kier molecular flexibility index (Phi) is 4.41. The summed E-state index contributed by atoms with van der Waals surface area (Å²) in [5.74, 6) is 2.91. The zero-order valence-corrected chi connectivity index (χ0v) is 9.56. The average Bonchev–Trinajstić information content (AvgIpc) is 2.29. The van der Waals surface area contributed by atoms with Crippen molar-refractivity contribution in [3.05, 3.63) is 29.8 Å². The molecule has 84 valence electrons. The van der Waals surface area contributed by atoms with E-state index in [0.717, 1.165) is 0 Å². The number of benzene rings is 1. The number of para-hydroxylation sites is 1. The summed E-state index contributed by atoms with van der Waals surface area (Å²) in [7, 11) is 1.67. The van der Waals surface area contributed by atoms with Crippen molar-refractivity contribution in [2.24, 2.45) is 0 Å². The van der Waals surface area contributed by atoms with Crippen molar-refractivity contribution < 1.29 is 9.53 Å². The van der Waals surface area contributed by atoms with Gasteiger partial charge < -0.3 is 9.64 Å². The number of carbonyl (C=O) groups excluding carboxylic acids is 1. The van der Waals surface area contributed by atoms with E-state index < -0.39 is 0 Å². The molecule has 0 aliphatic carbocycles. The molecule has 0 N–H and O–H groups in total. The van der Waals surface area contributed by atoms with Gasteiger partial charge >= 0.3 is 0 Å². The first kappa shape index (κ1) is 12.1. The predicted octanol–water partition coefficient (Wildman–Crippen LogP) is 1.79. The second-order valence-electron chi connectivity index (χ2n) is 3.29. The van der Waals surface area contributed by atoms with E-state index >= 15 is 0 Å². The van der Waals surface area contributed by atoms with Gasteiger partial charge in [-0.25, -0.2) is 0 Å². The van der Waals surface area contributed by atoms with Crippen LogP contribution in [-0.2, 0) is 0 Å². The van der Waals surface area contributed by atoms with Crippen molar-refractivity contribution in [1.82, 2.24) is 4.90 Å². The van der Waals surface area contributed by atoms with Crippen molar-refractivity contribution in [2.45, 2.75) is 6.92 Å². The quantitative estimate of drug-likeness (QED) is 0.720. The molecule has 3 heteroatoms. The Hall–Kier alpha value is -1.95. The van der Waals surface area contributed by atoms with Crippen molar-refractivity contribution in [3.63, 3.8) is 0 Å². The fourth-order valence-electron chi connectivity index (χ4n) is 1.34. The molecule has 0 spiro atoms. The second-order valence-corrected chi connectivity index (χ2v) is 3.29. The molecule has 1 rings (SSSR count). The monoisotopic (exact) mass is 217 g/mol. The van der Waals surface area contributed by atoms with E-state index in [1.165, 1.54) is 4.90 Å². The minimum absolute atomic E-state index is 0.123. The van der Waals surface area contributed by atoms with Gasteiger partial charge in [0.05, 0.1) is 18.7 Å². The van der Waals surface area contributed by atoms with Crippen LogP contribution in [0.25, 0.3) is 0 Å². The molecule has 0 aromatic heterocycles. The van der Waals surface area contributed by atoms with Gasteiger partial charge in [0.2, 0.25) is 0 Å². The lowest BCUT2D eigenvalue weighted by atomic mass is 10.2. The molecule has 1 amide bonds. The van der Waals surface area contributed by atoms with Crippen molar-refractivity contribution in [2.75, 3.05) is 20.2 Å². The molecule has 0 saturated heterocycles. The largest absolute Gasteiger partial charge is 0.493 e. The van der Waals surface area contributed by atoms with Crippen LogP contribution in [0.15, 0.2) is 24.3 Å². The van der Waals surface area contributed by atoms with Crippen LogP contribution in [0.1, 0.15) is 17.3 Å². The molecule has 0 aliphatic heterocycles. The van der Waals surface area contributed by atoms with Crippen LogP contribution < -0.4 is 4.74 Å². The average molecular weight is 217 g/mol. The minimum atomic E-state index is -0.123. The number of terminal acetylenes is 1. The van der Waals surface area contributed by atoms with E-state index in [4.69, 9.17) is 11.2 Å². The van der Waals surface area contributed by atoms with Gasteiger partial charge in [0.15, 0.2) is 0 Å². The number of amides is 1. The zero-order valence-electron chi connectivity index (χ0n) is 9.56. The van der Waals surface area contributed by atoms with Gasteiger partial charge in [0.1, 0.15) is 5.75 Å². The van der Waals surface area contributed by atoms with Crippen molar-refractivity contribution in [3.8, 4) is 18.1 Å². The van der Waals surface area contributed by atoms with Gasteiger partial charge in [-0.15, -0.1) is 6.42 Å². The maximum absolute atomic E-state index is 12.0. The summed E-state index contributed by atoms with van der Waals surface area (Å²) in [6, 6.07) is 7.16. The number of ether oxygens (including phenoxy) is 1. The summed E-state index contributed by atoms with van der Waals surface area (Å²) in [6.45, 7) is 2.70. The molecule has 0 bridgehead atoms. The summed E-state index contributed by atoms with van der Waals surface area (Å²) in [5.41, 5.74) is 0.544. The topological polar surface area (TPSA) is 29.5 Å². The highest BCUT2D eigenvalue weighted by Gasteiger charge is 2.15. The Labute approximate surface area is 96.0 Å². The van der Waals surface area contributed by atoms with Crippen LogP contribution in [0.5, 0.6) is 5.75 Å². The van der Waals surface area contributed by atoms with Crippen molar-refractivity contribution in [1.29, 1.82) is 0 Å². The standard InChI is InChI=1S/C13H15NO2/c1-4-10-14(3)13(15)11-8-6-7-9-12(11)16-5-2/h1,6-9H,5,10H2,2-3H3. The summed E-state index contributed by atoms with van der Waals surface area (Å²) in [6.07, 6.45) is 5.17. The SMILES string of the molecule is C#CCN(C)C(=O)c1ccccc1OCC. The molecule has 0 fully saturated rings. The van der Waals surface area contributed by atoms with E-state index in [-0.39, 0.29) is 5.91 Å². The Morgan fingerprint density at radius 1 is 1.50 bits per heavy atom. The third-order valence-electron chi connectivity index (χ3n) is 2.09. The number of hydrogen-bond donors (Lipinski definition) is 0. The highest BCUT2D eigenvalue weighted by molar-refractivity contribution is 5.96. The molecular weight excluding hydrogens is 202 g/mol. The Morgan fingerprint density at radius 2 is 2.19 bits per heavy atom. The van der Waals surface area contributed by atoms with Crippen LogP contribution in [0.2, 0.25) is 0 Å². The maximum Gasteiger partial charge on any atom is 0.258 e. The fraction of sp³-hybridized carbons (Fsp3) is 0.308. The molecule has 0 radical (unpaired) electrons. The zero-order chi connectivity index (χ0) is 12.0. The molecule has 0 saturated carbocycles. The number of rotatable bonds is 4. The first-order valence-electron chi connectivity index (χ1n) is 5.11. The molecule has 0 aliphatic rings. The summed E-state index contributed by atoms with van der Waals surface area (Å²) < 4.78 is 5.39. The van der Waals surface area contributed by atoms with Gasteiger partial charge in [-0.3, -0.25) is 4.79 Å². The first-order valence-corrected chi connectivity index (χ1v) is 5.11. The molecule has 0 heterocycles. The van der Waals surface area contributed by atoms with E-state index in [2.05, 4.69) is 5.92 Å². The fourth-order valence-corrected chi connectivity index (χ4v) is 1.34. The molecule has 3 nitrogen and oxygen atoms in total. The molecule has 0 unspecified atom stereocenters. The first-order chi connectivity index (χ1) is 7.70. The van der Waals surface area contributed by atoms with Crippen molar-refractivity contribution >= 4 is 5.91 Å². The number of hydrogen-bond acceptors (Lipinski definition) is 2. The lowest BCUT2D eigenvalue weighted by molar-refractivity contribution is 0.0808. The Morgan fingerprint density at radius 3 is 2.81 bits per heavy atom. The van der Waals surface area contributed by atoms with Crippen LogP contribution in [-0.4, -0.2) is 31.0 Å². The van der Waals surface area contributed by atoms with Gasteiger partial charge in [-0.05, 0) is 19.1 Å². The summed E-state index contributed by atoms with van der Waals surface area (Å²) in [4.78, 5) is 13.5. The third kappa shape index (κ3) is 2.77. The molecular formula is C13H15NO2. The van der Waals surface area contributed by atoms with Crippen LogP contribution in [0.3, 0.4) is 0 Å². The number of carbonyl (C=O) groups is 1. The smallest absolute Gasteiger partial charge is 0.258 e. The van der Waals surface area contributed by atoms with E-state index in [1.807, 2.05) is 13.0 Å². The highest BCUT2D eigenvalue weighted by Crippen LogP contribution is 2.19. The predicted molar refractivity (Wildman–Crippen MR) is 63.4 cm³/mol. The van der Waals surface area contributed by atoms with Gasteiger partial charge in [-0.2, -0.15) is 0 Å². The second kappa shape index (κ2) is 5.82. The van der Waals surface area contributed by atoms with E-state index in [0.29, 0.717) is 24.5 Å². The number of nitrogens with zero attached hydrogens (tertiary/aromatic N) is 1. The van der Waals surface area contributed by atoms with Gasteiger partial charge in [0, 0.05) is 7.05 Å². The summed E-state index contributed by atoms with van der Waals surface area (Å²) in [5, 5.41) is 0. The lowest BCUT2D eigenvalue weighted by Crippen LogP contribution is -2.27. The molecule has 1 aromatic carbocycles. The Bertz CT molecular complexity index is 407. The molecule has 0 atom stereocenters. The minimum Gasteiger partial charge on any atom is -0.493 e. The summed E-state index contributed by atoms with van der Waals surface area (Å²) >= 11 is 0. The van der Waals surface area contributed by atoms with Crippen LogP contribution in [0, 0.1) is 12.3 Å². The van der Waals surface area contributed by atoms with Crippen LogP contribution in [0.4, 0.5) is 0 Å². The molecule has 16 heavy (non-hydrogen) atoms. The van der Waals surface area contributed by atoms with E-state index in [1.54, 1.807) is 25.2 Å². The maximum atomic E-state index is 12.0. The van der Waals surface area contributed by atoms with Gasteiger partial charge in [0.25, 0.3) is 5.91 Å². The normalized spacial score (nSPS) is 9.31. The van der Waals surface area contributed by atoms with Gasteiger partial charge in [-0.1, -0.05) is 18.1 Å². The highest BCUT2D eigenvalue weighted by atomic mass is 16.5. The molecule has 1 aromatic rings. The van der Waals surface area contributed by atoms with E-state index in [9.17, 15) is 4.79 Å². The lowest BCUT2D eigenvalue weighted by Gasteiger charge is -2.16.